The molecule has 0 saturated heterocycles. The number of halogens is 3. The number of ether oxygens (including phenoxy) is 2. The molecule has 0 spiro atoms. The second kappa shape index (κ2) is 12.3. The van der Waals surface area contributed by atoms with Gasteiger partial charge in [-0.1, -0.05) is 45.4 Å². The van der Waals surface area contributed by atoms with Gasteiger partial charge in [0.1, 0.15) is 11.3 Å². The van der Waals surface area contributed by atoms with E-state index in [2.05, 4.69) is 26.1 Å². The third-order valence-electron chi connectivity index (χ3n) is 7.68. The Morgan fingerprint density at radius 1 is 1.06 bits per heavy atom. The third-order valence-corrected chi connectivity index (χ3v) is 7.68. The number of rotatable bonds is 11. The number of hydrogen-bond acceptors (Lipinski definition) is 4. The van der Waals surface area contributed by atoms with Crippen molar-refractivity contribution < 1.29 is 27.4 Å². The van der Waals surface area contributed by atoms with Gasteiger partial charge in [0, 0.05) is 13.0 Å². The van der Waals surface area contributed by atoms with Crippen molar-refractivity contribution in [3.8, 4) is 5.75 Å². The van der Waals surface area contributed by atoms with Crippen LogP contribution in [0, 0.1) is 11.3 Å². The molecule has 1 saturated carbocycles. The standard InChI is InChI=1S/C29H40F3NO3/c1-5-28(3,4)22-11-13-23(14-12-22)36-25-16-10-21-18-20(9-15-24(21)27(25)29(30,31)32)19-33-17-7-8-26(34)35-6-2/h9-10,15-16,18,22-23,33H,5-8,11-14,17,19H2,1-4H3. The summed E-state index contributed by atoms with van der Waals surface area (Å²) < 4.78 is 53.4. The van der Waals surface area contributed by atoms with E-state index in [-0.39, 0.29) is 28.6 Å². The van der Waals surface area contributed by atoms with E-state index in [9.17, 15) is 18.0 Å². The predicted octanol–water partition coefficient (Wildman–Crippen LogP) is 7.67. The monoisotopic (exact) mass is 507 g/mol. The average molecular weight is 508 g/mol. The van der Waals surface area contributed by atoms with Crippen LogP contribution in [0.25, 0.3) is 10.8 Å². The Morgan fingerprint density at radius 2 is 1.78 bits per heavy atom. The van der Waals surface area contributed by atoms with E-state index in [1.807, 2.05) is 0 Å². The number of carbonyl (C=O) groups is 1. The molecule has 1 aliphatic rings. The smallest absolute Gasteiger partial charge is 0.420 e. The van der Waals surface area contributed by atoms with Gasteiger partial charge in [-0.15, -0.1) is 0 Å². The van der Waals surface area contributed by atoms with Gasteiger partial charge < -0.3 is 14.8 Å². The van der Waals surface area contributed by atoms with Gasteiger partial charge in [0.05, 0.1) is 12.7 Å². The molecule has 1 fully saturated rings. The molecule has 2 aromatic carbocycles. The van der Waals surface area contributed by atoms with Gasteiger partial charge >= 0.3 is 12.1 Å². The van der Waals surface area contributed by atoms with Crippen molar-refractivity contribution in [2.24, 2.45) is 11.3 Å². The van der Waals surface area contributed by atoms with Crippen LogP contribution in [0.2, 0.25) is 0 Å². The number of fused-ring (bicyclic) bond motifs is 1. The summed E-state index contributed by atoms with van der Waals surface area (Å²) in [5.41, 5.74) is 0.445. The topological polar surface area (TPSA) is 47.6 Å². The Hall–Kier alpha value is -2.28. The van der Waals surface area contributed by atoms with Crippen molar-refractivity contribution in [3.63, 3.8) is 0 Å². The molecule has 1 N–H and O–H groups in total. The van der Waals surface area contributed by atoms with Crippen LogP contribution in [0.5, 0.6) is 5.75 Å². The van der Waals surface area contributed by atoms with Gasteiger partial charge in [-0.05, 0) is 85.4 Å². The molecule has 0 radical (unpaired) electrons. The second-order valence-corrected chi connectivity index (χ2v) is 10.5. The van der Waals surface area contributed by atoms with Crippen LogP contribution in [0.1, 0.15) is 83.8 Å². The summed E-state index contributed by atoms with van der Waals surface area (Å²) in [7, 11) is 0. The molecule has 0 bridgehead atoms. The number of nitrogens with one attached hydrogen (secondary N) is 1. The van der Waals surface area contributed by atoms with E-state index in [0.29, 0.717) is 43.8 Å². The summed E-state index contributed by atoms with van der Waals surface area (Å²) in [5.74, 6) is 0.289. The lowest BCUT2D eigenvalue weighted by atomic mass is 9.69. The lowest BCUT2D eigenvalue weighted by Crippen LogP contribution is -2.32. The zero-order valence-corrected chi connectivity index (χ0v) is 22.0. The first kappa shape index (κ1) is 28.3. The maximum atomic E-state index is 14.2. The first-order chi connectivity index (χ1) is 17.0. The van der Waals surface area contributed by atoms with Gasteiger partial charge in [-0.25, -0.2) is 0 Å². The van der Waals surface area contributed by atoms with Gasteiger partial charge in [0.2, 0.25) is 0 Å². The molecule has 2 aromatic rings. The minimum absolute atomic E-state index is 0.0713. The predicted molar refractivity (Wildman–Crippen MR) is 137 cm³/mol. The maximum Gasteiger partial charge on any atom is 0.420 e. The van der Waals surface area contributed by atoms with E-state index in [1.54, 1.807) is 31.2 Å². The number of esters is 1. The van der Waals surface area contributed by atoms with E-state index in [1.165, 1.54) is 6.07 Å². The minimum Gasteiger partial charge on any atom is -0.490 e. The fraction of sp³-hybridized carbons (Fsp3) is 0.621. The molecule has 36 heavy (non-hydrogen) atoms. The SMILES string of the molecule is CCOC(=O)CCCNCc1ccc2c(C(F)(F)F)c(OC3CCC(C(C)(C)CC)CC3)ccc2c1. The first-order valence-corrected chi connectivity index (χ1v) is 13.2. The Labute approximate surface area is 212 Å². The Morgan fingerprint density at radius 3 is 2.42 bits per heavy atom. The number of benzene rings is 2. The maximum absolute atomic E-state index is 14.2. The van der Waals surface area contributed by atoms with Crippen LogP contribution >= 0.6 is 0 Å². The highest BCUT2D eigenvalue weighted by molar-refractivity contribution is 5.89. The van der Waals surface area contributed by atoms with Crippen molar-refractivity contribution in [3.05, 3.63) is 41.5 Å². The van der Waals surface area contributed by atoms with Crippen molar-refractivity contribution in [2.45, 2.75) is 91.5 Å². The fourth-order valence-corrected chi connectivity index (χ4v) is 5.11. The quantitative estimate of drug-likeness (QED) is 0.250. The van der Waals surface area contributed by atoms with Gasteiger partial charge in [-0.2, -0.15) is 13.2 Å². The highest BCUT2D eigenvalue weighted by Crippen LogP contribution is 2.44. The summed E-state index contributed by atoms with van der Waals surface area (Å²) in [6, 6.07) is 8.24. The Kier molecular flexibility index (Phi) is 9.67. The highest BCUT2D eigenvalue weighted by atomic mass is 19.4. The van der Waals surface area contributed by atoms with Crippen molar-refractivity contribution in [1.29, 1.82) is 0 Å². The normalized spacial score (nSPS) is 18.9. The third kappa shape index (κ3) is 7.37. The largest absolute Gasteiger partial charge is 0.490 e. The molecule has 3 rings (SSSR count). The molecule has 4 nitrogen and oxygen atoms in total. The Balaban J connectivity index is 1.67. The molecule has 0 atom stereocenters. The first-order valence-electron chi connectivity index (χ1n) is 13.2. The summed E-state index contributed by atoms with van der Waals surface area (Å²) in [6.07, 6.45) is 0.907. The van der Waals surface area contributed by atoms with Gasteiger partial charge in [0.15, 0.2) is 0 Å². The van der Waals surface area contributed by atoms with Crippen molar-refractivity contribution in [1.82, 2.24) is 5.32 Å². The van der Waals surface area contributed by atoms with Crippen molar-refractivity contribution >= 4 is 16.7 Å². The summed E-state index contributed by atoms with van der Waals surface area (Å²) in [6.45, 7) is 10.0. The van der Waals surface area contributed by atoms with Crippen molar-refractivity contribution in [2.75, 3.05) is 13.2 Å². The van der Waals surface area contributed by atoms with E-state index >= 15 is 0 Å². The average Bonchev–Trinajstić information content (AvgIpc) is 2.83. The molecule has 0 aliphatic heterocycles. The highest BCUT2D eigenvalue weighted by Gasteiger charge is 2.38. The van der Waals surface area contributed by atoms with Crippen LogP contribution in [0.4, 0.5) is 13.2 Å². The molecule has 7 heteroatoms. The molecule has 1 aliphatic carbocycles. The number of hydrogen-bond donors (Lipinski definition) is 1. The summed E-state index contributed by atoms with van der Waals surface area (Å²) >= 11 is 0. The number of carbonyl (C=O) groups excluding carboxylic acids is 1. The van der Waals surface area contributed by atoms with Crippen LogP contribution < -0.4 is 10.1 Å². The number of alkyl halides is 3. The molecule has 200 valence electrons. The fourth-order valence-electron chi connectivity index (χ4n) is 5.11. The lowest BCUT2D eigenvalue weighted by Gasteiger charge is -2.39. The van der Waals surface area contributed by atoms with E-state index < -0.39 is 11.7 Å². The van der Waals surface area contributed by atoms with Crippen LogP contribution in [0.15, 0.2) is 30.3 Å². The van der Waals surface area contributed by atoms with Gasteiger partial charge in [-0.3, -0.25) is 4.79 Å². The summed E-state index contributed by atoms with van der Waals surface area (Å²) in [4.78, 5) is 11.4. The zero-order chi connectivity index (χ0) is 26.3. The zero-order valence-electron chi connectivity index (χ0n) is 22.0. The van der Waals surface area contributed by atoms with Crippen LogP contribution in [0.3, 0.4) is 0 Å². The second-order valence-electron chi connectivity index (χ2n) is 10.5. The molecule has 0 heterocycles. The molecular weight excluding hydrogens is 467 g/mol. The Bertz CT molecular complexity index is 1010. The van der Waals surface area contributed by atoms with Crippen LogP contribution in [-0.2, 0) is 22.3 Å². The van der Waals surface area contributed by atoms with Gasteiger partial charge in [0.25, 0.3) is 0 Å². The van der Waals surface area contributed by atoms with E-state index in [0.717, 1.165) is 37.7 Å². The minimum atomic E-state index is -4.51. The van der Waals surface area contributed by atoms with E-state index in [4.69, 9.17) is 9.47 Å². The molecular formula is C29H40F3NO3. The lowest BCUT2D eigenvalue weighted by molar-refractivity contribution is -0.143. The molecule has 0 unspecified atom stereocenters. The molecule has 0 aromatic heterocycles. The van der Waals surface area contributed by atoms with Crippen LogP contribution in [-0.4, -0.2) is 25.2 Å². The molecule has 0 amide bonds. The summed E-state index contributed by atoms with van der Waals surface area (Å²) in [5, 5.41) is 3.93.